The fraction of sp³-hybridized carbons (Fsp3) is 0.533. The van der Waals surface area contributed by atoms with E-state index in [1.54, 1.807) is 13.8 Å². The summed E-state index contributed by atoms with van der Waals surface area (Å²) in [6.07, 6.45) is -3.92. The number of hydrogen-bond donors (Lipinski definition) is 0. The van der Waals surface area contributed by atoms with E-state index in [-0.39, 0.29) is 25.5 Å². The second-order valence-corrected chi connectivity index (χ2v) is 5.30. The molecule has 0 aliphatic carbocycles. The van der Waals surface area contributed by atoms with Crippen LogP contribution in [-0.2, 0) is 19.1 Å². The van der Waals surface area contributed by atoms with Crippen LogP contribution in [0.3, 0.4) is 0 Å². The molecule has 0 bridgehead atoms. The molecule has 1 aromatic heterocycles. The Kier molecular flexibility index (Phi) is 5.83. The van der Waals surface area contributed by atoms with Crippen molar-refractivity contribution in [3.05, 3.63) is 24.0 Å². The fourth-order valence-electron chi connectivity index (χ4n) is 2.47. The summed E-state index contributed by atoms with van der Waals surface area (Å²) in [4.78, 5) is 29.3. The Morgan fingerprint density at radius 1 is 1.36 bits per heavy atom. The number of pyridine rings is 1. The molecule has 1 saturated heterocycles. The maximum atomic E-state index is 12.3. The van der Waals surface area contributed by atoms with Crippen LogP contribution in [0.25, 0.3) is 0 Å². The summed E-state index contributed by atoms with van der Waals surface area (Å²) in [7, 11) is 0. The van der Waals surface area contributed by atoms with E-state index >= 15 is 0 Å². The number of alkyl halides is 3. The molecule has 10 heteroatoms. The van der Waals surface area contributed by atoms with Crippen molar-refractivity contribution in [2.75, 3.05) is 19.8 Å². The number of nitrogens with zero attached hydrogens (tertiary/aromatic N) is 2. The summed E-state index contributed by atoms with van der Waals surface area (Å²) in [6.45, 7) is 3.59. The van der Waals surface area contributed by atoms with E-state index in [0.717, 1.165) is 12.3 Å². The van der Waals surface area contributed by atoms with Gasteiger partial charge in [0.05, 0.1) is 43.8 Å². The molecule has 7 nitrogen and oxygen atoms in total. The highest BCUT2D eigenvalue weighted by Crippen LogP contribution is 2.28. The van der Waals surface area contributed by atoms with Crippen molar-refractivity contribution in [1.82, 2.24) is 9.88 Å². The van der Waals surface area contributed by atoms with Crippen molar-refractivity contribution in [3.8, 4) is 5.75 Å². The molecule has 1 fully saturated rings. The van der Waals surface area contributed by atoms with E-state index in [0.29, 0.717) is 0 Å². The minimum Gasteiger partial charge on any atom is -0.459 e. The van der Waals surface area contributed by atoms with Crippen molar-refractivity contribution in [2.24, 2.45) is 0 Å². The standard InChI is InChI=1S/C15H17F3N2O5/c1-3-24-14(22)13(21)20-9(2)7-23-8-12(20)11-5-4-10(6-19-11)25-15(16,17)18/h4-6,9,12H,3,7-8H2,1-2H3. The van der Waals surface area contributed by atoms with Crippen LogP contribution in [0, 0.1) is 0 Å². The van der Waals surface area contributed by atoms with Crippen molar-refractivity contribution < 1.29 is 37.0 Å². The molecule has 138 valence electrons. The van der Waals surface area contributed by atoms with E-state index in [2.05, 4.69) is 9.72 Å². The first-order valence-corrected chi connectivity index (χ1v) is 7.51. The molecule has 1 aromatic rings. The fourth-order valence-corrected chi connectivity index (χ4v) is 2.47. The molecule has 1 aliphatic heterocycles. The largest absolute Gasteiger partial charge is 0.573 e. The molecule has 2 rings (SSSR count). The van der Waals surface area contributed by atoms with Crippen LogP contribution in [0.2, 0.25) is 0 Å². The zero-order valence-corrected chi connectivity index (χ0v) is 13.6. The van der Waals surface area contributed by atoms with Gasteiger partial charge in [0.25, 0.3) is 0 Å². The highest BCUT2D eigenvalue weighted by molar-refractivity contribution is 6.32. The lowest BCUT2D eigenvalue weighted by molar-refractivity contribution is -0.274. The van der Waals surface area contributed by atoms with Crippen LogP contribution in [0.15, 0.2) is 18.3 Å². The van der Waals surface area contributed by atoms with Crippen molar-refractivity contribution in [3.63, 3.8) is 0 Å². The SMILES string of the molecule is CCOC(=O)C(=O)N1C(C)COCC1c1ccc(OC(F)(F)F)cn1. The Balaban J connectivity index is 2.22. The third-order valence-corrected chi connectivity index (χ3v) is 3.46. The number of amides is 1. The number of rotatable bonds is 3. The monoisotopic (exact) mass is 362 g/mol. The van der Waals surface area contributed by atoms with Gasteiger partial charge in [-0.15, -0.1) is 13.2 Å². The number of carbonyl (C=O) groups excluding carboxylic acids is 2. The van der Waals surface area contributed by atoms with Gasteiger partial charge in [0.1, 0.15) is 5.75 Å². The maximum absolute atomic E-state index is 12.3. The van der Waals surface area contributed by atoms with Crippen molar-refractivity contribution >= 4 is 11.9 Å². The van der Waals surface area contributed by atoms with Gasteiger partial charge in [-0.3, -0.25) is 9.78 Å². The van der Waals surface area contributed by atoms with Crippen LogP contribution in [0.5, 0.6) is 5.75 Å². The second kappa shape index (κ2) is 7.68. The third kappa shape index (κ3) is 4.81. The van der Waals surface area contributed by atoms with Gasteiger partial charge in [-0.2, -0.15) is 0 Å². The number of esters is 1. The average Bonchev–Trinajstić information content (AvgIpc) is 2.53. The van der Waals surface area contributed by atoms with E-state index in [4.69, 9.17) is 9.47 Å². The van der Waals surface area contributed by atoms with Crippen LogP contribution in [-0.4, -0.2) is 54.0 Å². The first kappa shape index (κ1) is 19.0. The Morgan fingerprint density at radius 2 is 2.08 bits per heavy atom. The zero-order valence-electron chi connectivity index (χ0n) is 13.6. The van der Waals surface area contributed by atoms with Crippen LogP contribution >= 0.6 is 0 Å². The van der Waals surface area contributed by atoms with Crippen molar-refractivity contribution in [2.45, 2.75) is 32.3 Å². The minimum absolute atomic E-state index is 0.0513. The van der Waals surface area contributed by atoms with Gasteiger partial charge >= 0.3 is 18.2 Å². The van der Waals surface area contributed by atoms with Gasteiger partial charge in [0, 0.05) is 0 Å². The first-order chi connectivity index (χ1) is 11.7. The summed E-state index contributed by atoms with van der Waals surface area (Å²) in [6, 6.07) is 1.23. The molecule has 1 amide bonds. The lowest BCUT2D eigenvalue weighted by atomic mass is 10.1. The smallest absolute Gasteiger partial charge is 0.459 e. The van der Waals surface area contributed by atoms with Crippen LogP contribution in [0.1, 0.15) is 25.6 Å². The summed E-state index contributed by atoms with van der Waals surface area (Å²) in [5.74, 6) is -2.33. The molecule has 0 saturated carbocycles. The lowest BCUT2D eigenvalue weighted by Crippen LogP contribution is -2.52. The first-order valence-electron chi connectivity index (χ1n) is 7.51. The number of hydrogen-bond acceptors (Lipinski definition) is 6. The Labute approximate surface area is 141 Å². The number of morpholine rings is 1. The Morgan fingerprint density at radius 3 is 2.64 bits per heavy atom. The Hall–Kier alpha value is -2.36. The van der Waals surface area contributed by atoms with E-state index < -0.39 is 36.1 Å². The molecule has 2 unspecified atom stereocenters. The average molecular weight is 362 g/mol. The molecule has 0 aromatic carbocycles. The quantitative estimate of drug-likeness (QED) is 0.603. The molecule has 0 radical (unpaired) electrons. The number of aromatic nitrogens is 1. The van der Waals surface area contributed by atoms with Gasteiger partial charge in [0.2, 0.25) is 0 Å². The van der Waals surface area contributed by atoms with E-state index in [1.165, 1.54) is 11.0 Å². The molecule has 0 spiro atoms. The number of halogens is 3. The zero-order chi connectivity index (χ0) is 18.6. The van der Waals surface area contributed by atoms with Gasteiger partial charge < -0.3 is 19.1 Å². The van der Waals surface area contributed by atoms with Gasteiger partial charge in [-0.05, 0) is 26.0 Å². The summed E-state index contributed by atoms with van der Waals surface area (Å²) >= 11 is 0. The summed E-state index contributed by atoms with van der Waals surface area (Å²) in [5.41, 5.74) is 0.277. The molecular weight excluding hydrogens is 345 g/mol. The molecule has 25 heavy (non-hydrogen) atoms. The van der Waals surface area contributed by atoms with Crippen LogP contribution < -0.4 is 4.74 Å². The predicted molar refractivity (Wildman–Crippen MR) is 77.4 cm³/mol. The van der Waals surface area contributed by atoms with Gasteiger partial charge in [-0.1, -0.05) is 0 Å². The van der Waals surface area contributed by atoms with Crippen LogP contribution in [0.4, 0.5) is 13.2 Å². The summed E-state index contributed by atoms with van der Waals surface area (Å²) in [5, 5.41) is 0. The van der Waals surface area contributed by atoms with E-state index in [1.807, 2.05) is 0 Å². The number of carbonyl (C=O) groups is 2. The van der Waals surface area contributed by atoms with E-state index in [9.17, 15) is 22.8 Å². The molecule has 2 heterocycles. The normalized spacial score (nSPS) is 20.9. The van der Waals surface area contributed by atoms with Gasteiger partial charge in [-0.25, -0.2) is 4.79 Å². The maximum Gasteiger partial charge on any atom is 0.573 e. The van der Waals surface area contributed by atoms with Gasteiger partial charge in [0.15, 0.2) is 0 Å². The highest BCUT2D eigenvalue weighted by atomic mass is 19.4. The molecular formula is C15H17F3N2O5. The highest BCUT2D eigenvalue weighted by Gasteiger charge is 2.38. The molecule has 1 aliphatic rings. The second-order valence-electron chi connectivity index (χ2n) is 5.30. The minimum atomic E-state index is -4.82. The lowest BCUT2D eigenvalue weighted by Gasteiger charge is -2.39. The van der Waals surface area contributed by atoms with Crippen molar-refractivity contribution in [1.29, 1.82) is 0 Å². The topological polar surface area (TPSA) is 78.0 Å². The molecule has 2 atom stereocenters. The third-order valence-electron chi connectivity index (χ3n) is 3.46. The summed E-state index contributed by atoms with van der Waals surface area (Å²) < 4.78 is 50.5. The Bertz CT molecular complexity index is 621. The number of ether oxygens (including phenoxy) is 3. The molecule has 0 N–H and O–H groups in total. The predicted octanol–water partition coefficient (Wildman–Crippen LogP) is 1.83.